The number of ether oxygens (including phenoxy) is 1. The number of rotatable bonds is 7. The van der Waals surface area contributed by atoms with Gasteiger partial charge in [0.15, 0.2) is 0 Å². The van der Waals surface area contributed by atoms with Gasteiger partial charge in [-0.15, -0.1) is 0 Å². The second-order valence-corrected chi connectivity index (χ2v) is 7.29. The van der Waals surface area contributed by atoms with Crippen LogP contribution in [0, 0.1) is 24.0 Å². The van der Waals surface area contributed by atoms with Crippen LogP contribution in [0.2, 0.25) is 0 Å². The summed E-state index contributed by atoms with van der Waals surface area (Å²) in [6.45, 7) is 4.17. The number of amides is 1. The molecule has 0 saturated heterocycles. The van der Waals surface area contributed by atoms with Crippen molar-refractivity contribution in [3.8, 4) is 11.5 Å². The molecule has 8 nitrogen and oxygen atoms in total. The summed E-state index contributed by atoms with van der Waals surface area (Å²) in [6, 6.07) is 11.5. The van der Waals surface area contributed by atoms with Crippen LogP contribution in [0.1, 0.15) is 17.7 Å². The molecule has 3 aromatic rings. The lowest BCUT2D eigenvalue weighted by Crippen LogP contribution is -2.15. The lowest BCUT2D eigenvalue weighted by atomic mass is 10.2. The van der Waals surface area contributed by atoms with Crippen LogP contribution < -0.4 is 10.1 Å². The first-order valence-corrected chi connectivity index (χ1v) is 9.63. The summed E-state index contributed by atoms with van der Waals surface area (Å²) in [6.07, 6.45) is 1.84. The molecule has 29 heavy (non-hydrogen) atoms. The number of aryl methyl sites for hydroxylation is 2. The molecule has 0 fully saturated rings. The predicted octanol–water partition coefficient (Wildman–Crippen LogP) is 4.99. The fourth-order valence-corrected chi connectivity index (χ4v) is 2.99. The van der Waals surface area contributed by atoms with E-state index in [1.165, 1.54) is 12.1 Å². The molecule has 2 aromatic carbocycles. The molecule has 0 spiro atoms. The smallest absolute Gasteiger partial charge is 0.275 e. The Balaban J connectivity index is 1.74. The Kier molecular flexibility index (Phi) is 6.28. The third kappa shape index (κ3) is 5.20. The lowest BCUT2D eigenvalue weighted by molar-refractivity contribution is -0.384. The Morgan fingerprint density at radius 3 is 2.69 bits per heavy atom. The number of benzene rings is 2. The van der Waals surface area contributed by atoms with Crippen LogP contribution in [0.25, 0.3) is 0 Å². The monoisotopic (exact) mass is 458 g/mol. The lowest BCUT2D eigenvalue weighted by Gasteiger charge is -2.11. The minimum absolute atomic E-state index is 0.168. The van der Waals surface area contributed by atoms with Crippen molar-refractivity contribution in [2.75, 3.05) is 5.32 Å². The molecule has 1 heterocycles. The normalized spacial score (nSPS) is 10.6. The highest BCUT2D eigenvalue weighted by Gasteiger charge is 2.14. The largest absolute Gasteiger partial charge is 0.457 e. The van der Waals surface area contributed by atoms with Gasteiger partial charge in [0.1, 0.15) is 11.5 Å². The zero-order chi connectivity index (χ0) is 21.0. The van der Waals surface area contributed by atoms with E-state index in [1.54, 1.807) is 23.0 Å². The Labute approximate surface area is 175 Å². The average Bonchev–Trinajstić information content (AvgIpc) is 3.00. The molecule has 0 aliphatic heterocycles. The van der Waals surface area contributed by atoms with Crippen molar-refractivity contribution < 1.29 is 14.5 Å². The first-order valence-electron chi connectivity index (χ1n) is 8.84. The van der Waals surface area contributed by atoms with Gasteiger partial charge in [0.2, 0.25) is 5.91 Å². The van der Waals surface area contributed by atoms with E-state index >= 15 is 0 Å². The van der Waals surface area contributed by atoms with Gasteiger partial charge in [-0.3, -0.25) is 19.6 Å². The third-order valence-electron chi connectivity index (χ3n) is 4.30. The molecule has 150 valence electrons. The van der Waals surface area contributed by atoms with Gasteiger partial charge in [-0.25, -0.2) is 0 Å². The number of nitro groups is 1. The number of nitro benzene ring substituents is 1. The van der Waals surface area contributed by atoms with E-state index in [2.05, 4.69) is 26.3 Å². The topological polar surface area (TPSA) is 99.3 Å². The summed E-state index contributed by atoms with van der Waals surface area (Å²) < 4.78 is 8.38. The molecule has 9 heteroatoms. The van der Waals surface area contributed by atoms with E-state index in [0.717, 1.165) is 15.7 Å². The zero-order valence-electron chi connectivity index (χ0n) is 15.9. The van der Waals surface area contributed by atoms with Gasteiger partial charge in [-0.1, -0.05) is 18.2 Å². The molecular weight excluding hydrogens is 440 g/mol. The summed E-state index contributed by atoms with van der Waals surface area (Å²) >= 11 is 3.38. The number of carbonyl (C=O) groups is 1. The number of carbonyl (C=O) groups excluding carboxylic acids is 1. The van der Waals surface area contributed by atoms with Crippen LogP contribution in [-0.4, -0.2) is 20.6 Å². The maximum absolute atomic E-state index is 12.3. The second kappa shape index (κ2) is 8.87. The van der Waals surface area contributed by atoms with Crippen LogP contribution in [-0.2, 0) is 11.3 Å². The van der Waals surface area contributed by atoms with E-state index in [9.17, 15) is 14.9 Å². The molecule has 0 aliphatic carbocycles. The number of anilines is 1. The first kappa shape index (κ1) is 20.5. The summed E-state index contributed by atoms with van der Waals surface area (Å²) in [5, 5.41) is 18.2. The minimum atomic E-state index is -0.523. The number of non-ortho nitro benzene ring substituents is 1. The predicted molar refractivity (Wildman–Crippen MR) is 112 cm³/mol. The molecule has 0 atom stereocenters. The van der Waals surface area contributed by atoms with Crippen molar-refractivity contribution in [2.24, 2.45) is 0 Å². The van der Waals surface area contributed by atoms with Crippen LogP contribution in [0.4, 0.5) is 11.4 Å². The molecule has 1 aromatic heterocycles. The van der Waals surface area contributed by atoms with Crippen LogP contribution in [0.3, 0.4) is 0 Å². The van der Waals surface area contributed by atoms with Crippen molar-refractivity contribution in [1.29, 1.82) is 0 Å². The van der Waals surface area contributed by atoms with E-state index in [1.807, 2.05) is 32.0 Å². The van der Waals surface area contributed by atoms with Gasteiger partial charge in [0, 0.05) is 24.2 Å². The highest BCUT2D eigenvalue weighted by molar-refractivity contribution is 9.10. The Morgan fingerprint density at radius 2 is 2.03 bits per heavy atom. The highest BCUT2D eigenvalue weighted by atomic mass is 79.9. The third-order valence-corrected chi connectivity index (χ3v) is 5.08. The van der Waals surface area contributed by atoms with Gasteiger partial charge in [-0.2, -0.15) is 5.10 Å². The standard InChI is InChI=1S/C20H19BrN4O4/c1-13-5-3-4-6-19(13)29-17-10-15(9-16(11-17)25(27)28)23-20(26)7-8-24-14(2)18(21)12-22-24/h3-6,9-12H,7-8H2,1-2H3,(H,23,26). The molecule has 0 saturated carbocycles. The summed E-state index contributed by atoms with van der Waals surface area (Å²) in [5.41, 5.74) is 1.94. The molecule has 0 radical (unpaired) electrons. The second-order valence-electron chi connectivity index (χ2n) is 6.44. The Hall–Kier alpha value is -3.20. The van der Waals surface area contributed by atoms with Crippen molar-refractivity contribution in [2.45, 2.75) is 26.8 Å². The zero-order valence-corrected chi connectivity index (χ0v) is 17.5. The van der Waals surface area contributed by atoms with Crippen LogP contribution in [0.15, 0.2) is 53.1 Å². The van der Waals surface area contributed by atoms with Crippen molar-refractivity contribution in [1.82, 2.24) is 9.78 Å². The molecule has 0 bridgehead atoms. The fourth-order valence-electron chi connectivity index (χ4n) is 2.70. The van der Waals surface area contributed by atoms with Gasteiger partial charge in [0.25, 0.3) is 5.69 Å². The maximum Gasteiger partial charge on any atom is 0.275 e. The summed E-state index contributed by atoms with van der Waals surface area (Å²) in [7, 11) is 0. The molecule has 1 amide bonds. The number of halogens is 1. The number of para-hydroxylation sites is 1. The number of nitrogens with zero attached hydrogens (tertiary/aromatic N) is 3. The van der Waals surface area contributed by atoms with Crippen molar-refractivity contribution in [3.63, 3.8) is 0 Å². The Morgan fingerprint density at radius 1 is 1.28 bits per heavy atom. The number of aromatic nitrogens is 2. The summed E-state index contributed by atoms with van der Waals surface area (Å²) in [4.78, 5) is 23.1. The fraction of sp³-hybridized carbons (Fsp3) is 0.200. The van der Waals surface area contributed by atoms with E-state index < -0.39 is 4.92 Å². The van der Waals surface area contributed by atoms with Gasteiger partial charge in [-0.05, 0) is 41.4 Å². The SMILES string of the molecule is Cc1ccccc1Oc1cc(NC(=O)CCn2ncc(Br)c2C)cc([N+](=O)[O-])c1. The average molecular weight is 459 g/mol. The first-order chi connectivity index (χ1) is 13.8. The number of hydrogen-bond acceptors (Lipinski definition) is 5. The molecule has 0 aliphatic rings. The van der Waals surface area contributed by atoms with E-state index in [-0.39, 0.29) is 23.8 Å². The molecule has 1 N–H and O–H groups in total. The maximum atomic E-state index is 12.3. The van der Waals surface area contributed by atoms with Crippen LogP contribution in [0.5, 0.6) is 11.5 Å². The molecule has 0 unspecified atom stereocenters. The Bertz CT molecular complexity index is 1060. The summed E-state index contributed by atoms with van der Waals surface area (Å²) in [5.74, 6) is 0.582. The van der Waals surface area contributed by atoms with E-state index in [0.29, 0.717) is 18.0 Å². The van der Waals surface area contributed by atoms with Crippen molar-refractivity contribution in [3.05, 3.63) is 74.5 Å². The van der Waals surface area contributed by atoms with Gasteiger partial charge in [0.05, 0.1) is 33.9 Å². The van der Waals surface area contributed by atoms with Gasteiger partial charge < -0.3 is 10.1 Å². The molecule has 3 rings (SSSR count). The van der Waals surface area contributed by atoms with Gasteiger partial charge >= 0.3 is 0 Å². The number of nitrogens with one attached hydrogen (secondary N) is 1. The van der Waals surface area contributed by atoms with Crippen LogP contribution >= 0.6 is 15.9 Å². The highest BCUT2D eigenvalue weighted by Crippen LogP contribution is 2.31. The van der Waals surface area contributed by atoms with Crippen molar-refractivity contribution >= 4 is 33.2 Å². The quantitative estimate of drug-likeness (QED) is 0.396. The number of hydrogen-bond donors (Lipinski definition) is 1. The molecular formula is C20H19BrN4O4. The van der Waals surface area contributed by atoms with E-state index in [4.69, 9.17) is 4.74 Å². The minimum Gasteiger partial charge on any atom is -0.457 e.